The first-order valence-corrected chi connectivity index (χ1v) is 20.9. The third kappa shape index (κ3) is 13.8. The number of para-hydroxylation sites is 1. The molecule has 2 aromatic heterocycles. The van der Waals surface area contributed by atoms with Crippen molar-refractivity contribution in [2.75, 3.05) is 6.54 Å². The molecule has 276 valence electrons. The fourth-order valence-corrected chi connectivity index (χ4v) is 7.42. The Morgan fingerprint density at radius 2 is 1.14 bits per heavy atom. The molecule has 4 nitrogen and oxygen atoms in total. The molecule has 0 aliphatic rings. The summed E-state index contributed by atoms with van der Waals surface area (Å²) in [5.74, 6) is 1.19. The van der Waals surface area contributed by atoms with Gasteiger partial charge in [0, 0.05) is 24.9 Å². The highest BCUT2D eigenvalue weighted by molar-refractivity contribution is 6.03. The van der Waals surface area contributed by atoms with E-state index in [1.54, 1.807) is 0 Å². The molecule has 0 radical (unpaired) electrons. The van der Waals surface area contributed by atoms with Crippen molar-refractivity contribution in [1.29, 1.82) is 0 Å². The fourth-order valence-electron chi connectivity index (χ4n) is 7.42. The van der Waals surface area contributed by atoms with E-state index in [1.165, 1.54) is 137 Å². The number of aryl methyl sites for hydroxylation is 1. The lowest BCUT2D eigenvalue weighted by molar-refractivity contribution is 0.408. The summed E-state index contributed by atoms with van der Waals surface area (Å²) in [4.78, 5) is 10.4. The highest BCUT2D eigenvalue weighted by atomic mass is 15.1. The van der Waals surface area contributed by atoms with Crippen molar-refractivity contribution in [1.82, 2.24) is 19.9 Å². The highest BCUT2D eigenvalue weighted by Crippen LogP contribution is 2.32. The predicted molar refractivity (Wildman–Crippen MR) is 218 cm³/mol. The number of nitrogens with zero attached hydrogens (tertiary/aromatic N) is 3. The number of hydrogen-bond acceptors (Lipinski definition) is 3. The van der Waals surface area contributed by atoms with Gasteiger partial charge in [-0.15, -0.1) is 0 Å². The minimum absolute atomic E-state index is 0.144. The van der Waals surface area contributed by atoms with Crippen LogP contribution in [0.2, 0.25) is 0 Å². The van der Waals surface area contributed by atoms with Gasteiger partial charge in [-0.2, -0.15) is 0 Å². The van der Waals surface area contributed by atoms with Gasteiger partial charge in [0.25, 0.3) is 0 Å². The van der Waals surface area contributed by atoms with Crippen LogP contribution in [0.3, 0.4) is 0 Å². The zero-order valence-corrected chi connectivity index (χ0v) is 32.9. The van der Waals surface area contributed by atoms with Crippen LogP contribution in [0, 0.1) is 5.41 Å². The number of pyridine rings is 1. The van der Waals surface area contributed by atoms with Crippen LogP contribution in [-0.4, -0.2) is 21.1 Å². The molecule has 0 aliphatic heterocycles. The highest BCUT2D eigenvalue weighted by Gasteiger charge is 2.22. The SMILES string of the molecule is CCCCCCCCCCCCCCCCCCCNCc1ccc(Cn2c(CCCC)nc3c(CC(C)(C)C)nc4ccccc4c32)cc1. The summed E-state index contributed by atoms with van der Waals surface area (Å²) in [6.45, 7) is 14.3. The Balaban J connectivity index is 1.17. The van der Waals surface area contributed by atoms with Crippen LogP contribution in [0.1, 0.15) is 179 Å². The van der Waals surface area contributed by atoms with Gasteiger partial charge in [-0.3, -0.25) is 4.98 Å². The van der Waals surface area contributed by atoms with E-state index in [-0.39, 0.29) is 5.41 Å². The number of aromatic nitrogens is 3. The Hall–Kier alpha value is -2.72. The Bertz CT molecular complexity index is 1490. The Morgan fingerprint density at radius 3 is 1.72 bits per heavy atom. The van der Waals surface area contributed by atoms with E-state index in [9.17, 15) is 0 Å². The quantitative estimate of drug-likeness (QED) is 0.0671. The number of hydrogen-bond donors (Lipinski definition) is 1. The van der Waals surface area contributed by atoms with Gasteiger partial charge in [0.1, 0.15) is 11.3 Å². The van der Waals surface area contributed by atoms with E-state index in [2.05, 4.69) is 93.0 Å². The lowest BCUT2D eigenvalue weighted by Crippen LogP contribution is -2.14. The van der Waals surface area contributed by atoms with Crippen LogP contribution in [0.4, 0.5) is 0 Å². The lowest BCUT2D eigenvalue weighted by atomic mass is 9.89. The zero-order chi connectivity index (χ0) is 35.4. The van der Waals surface area contributed by atoms with Crippen molar-refractivity contribution in [2.24, 2.45) is 5.41 Å². The number of nitrogens with one attached hydrogen (secondary N) is 1. The Morgan fingerprint density at radius 1 is 0.600 bits per heavy atom. The summed E-state index contributed by atoms with van der Waals surface area (Å²) in [7, 11) is 0. The normalized spacial score (nSPS) is 12.1. The number of fused-ring (bicyclic) bond motifs is 3. The first-order chi connectivity index (χ1) is 24.4. The molecule has 0 unspecified atom stereocenters. The van der Waals surface area contributed by atoms with Gasteiger partial charge in [-0.25, -0.2) is 4.98 Å². The molecular formula is C46H72N4. The third-order valence-electron chi connectivity index (χ3n) is 10.3. The van der Waals surface area contributed by atoms with Crippen molar-refractivity contribution in [3.63, 3.8) is 0 Å². The molecule has 0 fully saturated rings. The van der Waals surface area contributed by atoms with Crippen molar-refractivity contribution < 1.29 is 0 Å². The molecule has 0 spiro atoms. The average molecular weight is 681 g/mol. The van der Waals surface area contributed by atoms with Gasteiger partial charge in [0.05, 0.1) is 16.7 Å². The van der Waals surface area contributed by atoms with E-state index < -0.39 is 0 Å². The summed E-state index contributed by atoms with van der Waals surface area (Å²) in [6, 6.07) is 17.9. The summed E-state index contributed by atoms with van der Waals surface area (Å²) in [6.07, 6.45) is 28.4. The molecule has 2 heterocycles. The summed E-state index contributed by atoms with van der Waals surface area (Å²) >= 11 is 0. The lowest BCUT2D eigenvalue weighted by Gasteiger charge is -2.18. The molecule has 0 aliphatic carbocycles. The van der Waals surface area contributed by atoms with Gasteiger partial charge in [-0.1, -0.05) is 186 Å². The molecule has 50 heavy (non-hydrogen) atoms. The van der Waals surface area contributed by atoms with Gasteiger partial charge < -0.3 is 9.88 Å². The summed E-state index contributed by atoms with van der Waals surface area (Å²) < 4.78 is 2.49. The van der Waals surface area contributed by atoms with Gasteiger partial charge in [0.2, 0.25) is 0 Å². The smallest absolute Gasteiger partial charge is 0.111 e. The van der Waals surface area contributed by atoms with E-state index in [0.717, 1.165) is 62.0 Å². The van der Waals surface area contributed by atoms with Crippen LogP contribution >= 0.6 is 0 Å². The molecule has 4 heteroatoms. The fraction of sp³-hybridized carbons (Fsp3) is 0.652. The van der Waals surface area contributed by atoms with Crippen LogP contribution < -0.4 is 5.32 Å². The summed E-state index contributed by atoms with van der Waals surface area (Å²) in [5.41, 5.74) is 7.38. The second-order valence-corrected chi connectivity index (χ2v) is 16.4. The minimum Gasteiger partial charge on any atom is -0.323 e. The first kappa shape index (κ1) is 40.1. The monoisotopic (exact) mass is 681 g/mol. The van der Waals surface area contributed by atoms with E-state index in [0.29, 0.717) is 0 Å². The van der Waals surface area contributed by atoms with Gasteiger partial charge >= 0.3 is 0 Å². The van der Waals surface area contributed by atoms with Crippen LogP contribution in [0.5, 0.6) is 0 Å². The molecule has 0 amide bonds. The second-order valence-electron chi connectivity index (χ2n) is 16.4. The number of imidazole rings is 1. The molecule has 0 atom stereocenters. The van der Waals surface area contributed by atoms with Crippen LogP contribution in [-0.2, 0) is 25.9 Å². The number of rotatable bonds is 26. The van der Waals surface area contributed by atoms with Crippen LogP contribution in [0.15, 0.2) is 48.5 Å². The topological polar surface area (TPSA) is 42.7 Å². The van der Waals surface area contributed by atoms with Crippen molar-refractivity contribution in [3.8, 4) is 0 Å². The second kappa shape index (κ2) is 22.3. The molecular weight excluding hydrogens is 609 g/mol. The van der Waals surface area contributed by atoms with Gasteiger partial charge in [0.15, 0.2) is 0 Å². The molecule has 0 saturated carbocycles. The van der Waals surface area contributed by atoms with E-state index in [4.69, 9.17) is 9.97 Å². The molecule has 1 N–H and O–H groups in total. The molecule has 4 aromatic rings. The van der Waals surface area contributed by atoms with E-state index in [1.807, 2.05) is 0 Å². The molecule has 0 saturated heterocycles. The first-order valence-electron chi connectivity index (χ1n) is 20.9. The average Bonchev–Trinajstić information content (AvgIpc) is 3.46. The largest absolute Gasteiger partial charge is 0.323 e. The minimum atomic E-state index is 0.144. The summed E-state index contributed by atoms with van der Waals surface area (Å²) in [5, 5.41) is 4.91. The standard InChI is InChI=1S/C46H72N4/c1-6-8-10-11-12-13-14-15-16-17-18-19-20-21-22-23-26-34-47-36-38-30-32-39(33-31-38)37-50-43(29-9-7-2)49-44-42(35-46(3,4)5)48-41-28-25-24-27-40(41)45(44)50/h24-25,27-28,30-33,47H,6-23,26,29,34-37H2,1-5H3. The Kier molecular flexibility index (Phi) is 17.8. The maximum absolute atomic E-state index is 5.30. The zero-order valence-electron chi connectivity index (χ0n) is 32.9. The number of unbranched alkanes of at least 4 members (excludes halogenated alkanes) is 17. The molecule has 0 bridgehead atoms. The third-order valence-corrected chi connectivity index (χ3v) is 10.3. The number of benzene rings is 2. The maximum atomic E-state index is 5.30. The van der Waals surface area contributed by atoms with Crippen molar-refractivity contribution in [3.05, 3.63) is 71.2 Å². The van der Waals surface area contributed by atoms with E-state index >= 15 is 0 Å². The Labute approximate surface area is 306 Å². The van der Waals surface area contributed by atoms with Crippen molar-refractivity contribution in [2.45, 2.75) is 183 Å². The van der Waals surface area contributed by atoms with Crippen molar-refractivity contribution >= 4 is 21.9 Å². The van der Waals surface area contributed by atoms with Crippen LogP contribution in [0.25, 0.3) is 21.9 Å². The van der Waals surface area contributed by atoms with Gasteiger partial charge in [-0.05, 0) is 48.4 Å². The molecule has 4 rings (SSSR count). The maximum Gasteiger partial charge on any atom is 0.111 e. The predicted octanol–water partition coefficient (Wildman–Crippen LogP) is 13.3. The molecule has 2 aromatic carbocycles.